The van der Waals surface area contributed by atoms with Crippen molar-refractivity contribution in [3.63, 3.8) is 0 Å². The third kappa shape index (κ3) is 4.49. The monoisotopic (exact) mass is 288 g/mol. The molecule has 0 amide bonds. The predicted octanol–water partition coefficient (Wildman–Crippen LogP) is 2.75. The fourth-order valence-corrected chi connectivity index (χ4v) is 2.18. The minimum atomic E-state index is -0.302. The van der Waals surface area contributed by atoms with Crippen LogP contribution in [-0.4, -0.2) is 23.6 Å². The molecule has 5 heteroatoms. The van der Waals surface area contributed by atoms with Gasteiger partial charge in [-0.2, -0.15) is 0 Å². The van der Waals surface area contributed by atoms with Gasteiger partial charge in [-0.1, -0.05) is 6.92 Å². The molecule has 0 radical (unpaired) electrons. The van der Waals surface area contributed by atoms with Crippen molar-refractivity contribution in [3.8, 4) is 0 Å². The van der Waals surface area contributed by atoms with Crippen LogP contribution in [0.2, 0.25) is 0 Å². The molecular weight excluding hydrogens is 267 g/mol. The number of halogens is 1. The van der Waals surface area contributed by atoms with Crippen LogP contribution in [0, 0.1) is 5.82 Å². The molecule has 0 aliphatic heterocycles. The van der Waals surface area contributed by atoms with Crippen molar-refractivity contribution in [1.82, 2.24) is 15.3 Å². The second-order valence-electron chi connectivity index (χ2n) is 5.02. The van der Waals surface area contributed by atoms with E-state index in [1.165, 1.54) is 6.20 Å². The van der Waals surface area contributed by atoms with Gasteiger partial charge in [0, 0.05) is 38.1 Å². The van der Waals surface area contributed by atoms with E-state index in [4.69, 9.17) is 0 Å². The second-order valence-corrected chi connectivity index (χ2v) is 5.02. The molecule has 4 nitrogen and oxygen atoms in total. The number of anilines is 1. The Balaban J connectivity index is 2.13. The average molecular weight is 288 g/mol. The molecule has 0 atom stereocenters. The van der Waals surface area contributed by atoms with Gasteiger partial charge >= 0.3 is 0 Å². The molecule has 0 spiro atoms. The Morgan fingerprint density at radius 2 is 2.05 bits per heavy atom. The van der Waals surface area contributed by atoms with Gasteiger partial charge in [0.05, 0.1) is 6.20 Å². The highest BCUT2D eigenvalue weighted by molar-refractivity contribution is 5.46. The van der Waals surface area contributed by atoms with Crippen molar-refractivity contribution in [2.45, 2.75) is 26.4 Å². The largest absolute Gasteiger partial charge is 0.355 e. The fourth-order valence-electron chi connectivity index (χ4n) is 2.18. The molecule has 0 unspecified atom stereocenters. The Bertz CT molecular complexity index is 559. The number of nitrogens with one attached hydrogen (secondary N) is 1. The van der Waals surface area contributed by atoms with Crippen LogP contribution in [0.1, 0.15) is 24.5 Å². The third-order valence-electron chi connectivity index (χ3n) is 3.18. The zero-order valence-electron chi connectivity index (χ0n) is 12.5. The lowest BCUT2D eigenvalue weighted by Gasteiger charge is -2.21. The van der Waals surface area contributed by atoms with Gasteiger partial charge in [0.2, 0.25) is 0 Å². The van der Waals surface area contributed by atoms with Gasteiger partial charge in [-0.3, -0.25) is 4.98 Å². The van der Waals surface area contributed by atoms with Crippen molar-refractivity contribution in [2.75, 3.05) is 18.5 Å². The normalized spacial score (nSPS) is 10.6. The summed E-state index contributed by atoms with van der Waals surface area (Å²) in [5.41, 5.74) is 2.02. The lowest BCUT2D eigenvalue weighted by molar-refractivity contribution is 0.610. The number of hydrogen-bond acceptors (Lipinski definition) is 4. The molecule has 2 rings (SSSR count). The van der Waals surface area contributed by atoms with Crippen LogP contribution in [0.25, 0.3) is 0 Å². The second kappa shape index (κ2) is 7.69. The van der Waals surface area contributed by atoms with E-state index in [-0.39, 0.29) is 5.82 Å². The Morgan fingerprint density at radius 3 is 2.76 bits per heavy atom. The quantitative estimate of drug-likeness (QED) is 0.795. The summed E-state index contributed by atoms with van der Waals surface area (Å²) in [5, 5.41) is 3.29. The molecule has 21 heavy (non-hydrogen) atoms. The summed E-state index contributed by atoms with van der Waals surface area (Å²) in [4.78, 5) is 10.3. The van der Waals surface area contributed by atoms with Crippen molar-refractivity contribution >= 4 is 5.82 Å². The molecule has 0 fully saturated rings. The van der Waals surface area contributed by atoms with Crippen LogP contribution in [0.3, 0.4) is 0 Å². The number of nitrogens with zero attached hydrogens (tertiary/aromatic N) is 3. The molecule has 0 saturated heterocycles. The highest BCUT2D eigenvalue weighted by atomic mass is 19.1. The molecule has 0 aliphatic rings. The predicted molar refractivity (Wildman–Crippen MR) is 82.5 cm³/mol. The van der Waals surface area contributed by atoms with Gasteiger partial charge in [0.1, 0.15) is 11.6 Å². The lowest BCUT2D eigenvalue weighted by atomic mass is 10.2. The van der Waals surface area contributed by atoms with E-state index in [9.17, 15) is 4.39 Å². The van der Waals surface area contributed by atoms with E-state index in [0.717, 1.165) is 29.9 Å². The first-order valence-corrected chi connectivity index (χ1v) is 7.16. The first-order valence-electron chi connectivity index (χ1n) is 7.16. The fraction of sp³-hybridized carbons (Fsp3) is 0.375. The van der Waals surface area contributed by atoms with E-state index in [2.05, 4.69) is 22.2 Å². The SMILES string of the molecule is CCCNCc1cc(F)cnc1N(C)Cc1ccncc1. The van der Waals surface area contributed by atoms with E-state index >= 15 is 0 Å². The zero-order chi connectivity index (χ0) is 15.1. The molecule has 2 aromatic rings. The molecule has 1 N–H and O–H groups in total. The standard InChI is InChI=1S/C16H21FN4/c1-3-6-19-10-14-9-15(17)11-20-16(14)21(2)12-13-4-7-18-8-5-13/h4-5,7-9,11,19H,3,6,10,12H2,1-2H3. The number of hydrogen-bond donors (Lipinski definition) is 1. The summed E-state index contributed by atoms with van der Waals surface area (Å²) in [6, 6.07) is 5.48. The van der Waals surface area contributed by atoms with Crippen LogP contribution in [-0.2, 0) is 13.1 Å². The van der Waals surface area contributed by atoms with E-state index in [0.29, 0.717) is 13.1 Å². The summed E-state index contributed by atoms with van der Waals surface area (Å²) in [7, 11) is 1.96. The zero-order valence-corrected chi connectivity index (χ0v) is 12.5. The van der Waals surface area contributed by atoms with Crippen molar-refractivity contribution in [3.05, 3.63) is 53.7 Å². The van der Waals surface area contributed by atoms with Gasteiger partial charge < -0.3 is 10.2 Å². The number of rotatable bonds is 7. The van der Waals surface area contributed by atoms with Crippen LogP contribution >= 0.6 is 0 Å². The van der Waals surface area contributed by atoms with Crippen LogP contribution in [0.5, 0.6) is 0 Å². The van der Waals surface area contributed by atoms with Gasteiger partial charge in [0.25, 0.3) is 0 Å². The smallest absolute Gasteiger partial charge is 0.141 e. The summed E-state index contributed by atoms with van der Waals surface area (Å²) in [5.74, 6) is 0.501. The van der Waals surface area contributed by atoms with Crippen LogP contribution < -0.4 is 10.2 Å². The van der Waals surface area contributed by atoms with Crippen molar-refractivity contribution < 1.29 is 4.39 Å². The van der Waals surface area contributed by atoms with Gasteiger partial charge in [-0.25, -0.2) is 9.37 Å². The Labute approximate surface area is 125 Å². The average Bonchev–Trinajstić information content (AvgIpc) is 2.48. The highest BCUT2D eigenvalue weighted by Crippen LogP contribution is 2.19. The van der Waals surface area contributed by atoms with Crippen LogP contribution in [0.15, 0.2) is 36.8 Å². The molecule has 0 bridgehead atoms. The van der Waals surface area contributed by atoms with Crippen LogP contribution in [0.4, 0.5) is 10.2 Å². The van der Waals surface area contributed by atoms with Crippen molar-refractivity contribution in [1.29, 1.82) is 0 Å². The summed E-state index contributed by atoms with van der Waals surface area (Å²) < 4.78 is 13.4. The molecule has 2 heterocycles. The molecular formula is C16H21FN4. The maximum absolute atomic E-state index is 13.4. The maximum atomic E-state index is 13.4. The van der Waals surface area contributed by atoms with Gasteiger partial charge in [-0.05, 0) is 36.7 Å². The lowest BCUT2D eigenvalue weighted by Crippen LogP contribution is -2.22. The maximum Gasteiger partial charge on any atom is 0.141 e. The summed E-state index contributed by atoms with van der Waals surface area (Å²) >= 11 is 0. The van der Waals surface area contributed by atoms with Gasteiger partial charge in [0.15, 0.2) is 0 Å². The Morgan fingerprint density at radius 1 is 1.29 bits per heavy atom. The van der Waals surface area contributed by atoms with E-state index < -0.39 is 0 Å². The summed E-state index contributed by atoms with van der Waals surface area (Å²) in [6.45, 7) is 4.34. The topological polar surface area (TPSA) is 41.1 Å². The van der Waals surface area contributed by atoms with Gasteiger partial charge in [-0.15, -0.1) is 0 Å². The third-order valence-corrected chi connectivity index (χ3v) is 3.18. The molecule has 0 aromatic carbocycles. The summed E-state index contributed by atoms with van der Waals surface area (Å²) in [6.07, 6.45) is 5.85. The molecule has 0 aliphatic carbocycles. The molecule has 2 aromatic heterocycles. The number of aromatic nitrogens is 2. The number of pyridine rings is 2. The van der Waals surface area contributed by atoms with E-state index in [1.54, 1.807) is 18.5 Å². The van der Waals surface area contributed by atoms with Crippen molar-refractivity contribution in [2.24, 2.45) is 0 Å². The molecule has 0 saturated carbocycles. The molecule has 112 valence electrons. The minimum absolute atomic E-state index is 0.302. The van der Waals surface area contributed by atoms with E-state index in [1.807, 2.05) is 24.1 Å². The Hall–Kier alpha value is -2.01. The minimum Gasteiger partial charge on any atom is -0.355 e. The highest BCUT2D eigenvalue weighted by Gasteiger charge is 2.11. The first-order chi connectivity index (χ1) is 10.2. The first kappa shape index (κ1) is 15.4. The Kier molecular flexibility index (Phi) is 5.63.